The predicted octanol–water partition coefficient (Wildman–Crippen LogP) is 1.13. The van der Waals surface area contributed by atoms with Gasteiger partial charge >= 0.3 is 0 Å². The van der Waals surface area contributed by atoms with E-state index in [-0.39, 0.29) is 0 Å². The van der Waals surface area contributed by atoms with Crippen LogP contribution in [0.2, 0.25) is 0 Å². The molecule has 0 aromatic carbocycles. The Morgan fingerprint density at radius 2 is 1.94 bits per heavy atom. The first kappa shape index (κ1) is 13.9. The molecule has 0 radical (unpaired) electrons. The van der Waals surface area contributed by atoms with E-state index in [1.165, 1.54) is 11.3 Å². The molecule has 2 rings (SSSR count). The highest BCUT2D eigenvalue weighted by Crippen LogP contribution is 2.28. The zero-order chi connectivity index (χ0) is 13.3. The maximum atomic E-state index is 12.5. The number of hydrogen-bond donors (Lipinski definition) is 1. The molecule has 1 aromatic rings. The van der Waals surface area contributed by atoms with E-state index in [4.69, 9.17) is 0 Å². The number of piperidine rings is 1. The van der Waals surface area contributed by atoms with E-state index in [1.54, 1.807) is 11.2 Å². The van der Waals surface area contributed by atoms with Crippen molar-refractivity contribution < 1.29 is 8.42 Å². The van der Waals surface area contributed by atoms with E-state index in [0.717, 1.165) is 17.8 Å². The molecule has 0 bridgehead atoms. The molecule has 1 aromatic heterocycles. The topological polar surface area (TPSA) is 62.3 Å². The van der Waals surface area contributed by atoms with Gasteiger partial charge in [0.15, 0.2) is 4.21 Å². The molecular formula is C11H19N3O2S2. The van der Waals surface area contributed by atoms with Crippen LogP contribution in [0.4, 0.5) is 0 Å². The van der Waals surface area contributed by atoms with Gasteiger partial charge in [-0.3, -0.25) is 0 Å². The molecule has 0 amide bonds. The van der Waals surface area contributed by atoms with Crippen molar-refractivity contribution in [2.45, 2.75) is 36.9 Å². The quantitative estimate of drug-likeness (QED) is 0.906. The van der Waals surface area contributed by atoms with Gasteiger partial charge in [0.25, 0.3) is 10.0 Å². The van der Waals surface area contributed by atoms with Gasteiger partial charge in [-0.1, -0.05) is 0 Å². The molecule has 1 aliphatic rings. The van der Waals surface area contributed by atoms with Crippen LogP contribution in [-0.4, -0.2) is 43.9 Å². The zero-order valence-corrected chi connectivity index (χ0v) is 12.6. The van der Waals surface area contributed by atoms with Gasteiger partial charge in [0.2, 0.25) is 0 Å². The predicted molar refractivity (Wildman–Crippen MR) is 72.4 cm³/mol. The van der Waals surface area contributed by atoms with Gasteiger partial charge in [0.1, 0.15) is 0 Å². The van der Waals surface area contributed by atoms with Crippen LogP contribution < -0.4 is 5.32 Å². The summed E-state index contributed by atoms with van der Waals surface area (Å²) < 4.78 is 27.0. The van der Waals surface area contributed by atoms with Gasteiger partial charge in [-0.05, 0) is 33.7 Å². The Labute approximate surface area is 112 Å². The number of aromatic nitrogens is 1. The first-order chi connectivity index (χ1) is 8.45. The maximum Gasteiger partial charge on any atom is 0.254 e. The van der Waals surface area contributed by atoms with Gasteiger partial charge in [-0.2, -0.15) is 4.31 Å². The minimum atomic E-state index is -3.34. The van der Waals surface area contributed by atoms with Crippen molar-refractivity contribution in [1.82, 2.24) is 14.6 Å². The molecule has 0 saturated carbocycles. The van der Waals surface area contributed by atoms with E-state index >= 15 is 0 Å². The van der Waals surface area contributed by atoms with E-state index in [0.29, 0.717) is 29.0 Å². The van der Waals surface area contributed by atoms with Crippen molar-refractivity contribution >= 4 is 21.4 Å². The van der Waals surface area contributed by atoms with Gasteiger partial charge in [0, 0.05) is 19.1 Å². The highest BCUT2D eigenvalue weighted by molar-refractivity contribution is 7.91. The largest absolute Gasteiger partial charge is 0.317 e. The van der Waals surface area contributed by atoms with Crippen LogP contribution in [0.5, 0.6) is 0 Å². The normalized spacial score (nSPS) is 19.3. The second kappa shape index (κ2) is 5.24. The summed E-state index contributed by atoms with van der Waals surface area (Å²) in [5.41, 5.74) is 0.619. The van der Waals surface area contributed by atoms with Crippen molar-refractivity contribution in [2.75, 3.05) is 20.1 Å². The fourth-order valence-electron chi connectivity index (χ4n) is 2.25. The van der Waals surface area contributed by atoms with Crippen LogP contribution in [0.25, 0.3) is 0 Å². The average molecular weight is 289 g/mol. The van der Waals surface area contributed by atoms with E-state index in [1.807, 2.05) is 14.0 Å². The summed E-state index contributed by atoms with van der Waals surface area (Å²) in [6, 6.07) is 0.431. The fraction of sp³-hybridized carbons (Fsp3) is 0.727. The van der Waals surface area contributed by atoms with Crippen LogP contribution in [0.1, 0.15) is 23.5 Å². The van der Waals surface area contributed by atoms with Crippen molar-refractivity contribution in [2.24, 2.45) is 0 Å². The second-order valence-corrected chi connectivity index (χ2v) is 7.91. The second-order valence-electron chi connectivity index (χ2n) is 4.57. The molecule has 0 unspecified atom stereocenters. The molecule has 1 fully saturated rings. The number of nitrogens with one attached hydrogen (secondary N) is 1. The lowest BCUT2D eigenvalue weighted by molar-refractivity contribution is 0.299. The molecule has 18 heavy (non-hydrogen) atoms. The first-order valence-electron chi connectivity index (χ1n) is 6.06. The van der Waals surface area contributed by atoms with Crippen molar-refractivity contribution in [1.29, 1.82) is 0 Å². The number of rotatable bonds is 3. The molecule has 1 saturated heterocycles. The van der Waals surface area contributed by atoms with Gasteiger partial charge in [0.05, 0.1) is 10.7 Å². The molecule has 1 aliphatic heterocycles. The highest BCUT2D eigenvalue weighted by atomic mass is 32.2. The summed E-state index contributed by atoms with van der Waals surface area (Å²) in [5.74, 6) is 0. The third-order valence-corrected chi connectivity index (χ3v) is 6.86. The number of sulfonamides is 1. The molecule has 1 N–H and O–H groups in total. The average Bonchev–Trinajstić information content (AvgIpc) is 2.69. The summed E-state index contributed by atoms with van der Waals surface area (Å²) >= 11 is 1.27. The Hall–Kier alpha value is -0.500. The summed E-state index contributed by atoms with van der Waals surface area (Å²) in [4.78, 5) is 4.20. The Morgan fingerprint density at radius 1 is 1.33 bits per heavy atom. The molecule has 102 valence electrons. The molecule has 0 spiro atoms. The summed E-state index contributed by atoms with van der Waals surface area (Å²) in [5, 5.41) is 4.00. The molecule has 0 atom stereocenters. The van der Waals surface area contributed by atoms with Crippen LogP contribution in [-0.2, 0) is 10.0 Å². The number of thiazole rings is 1. The lowest BCUT2D eigenvalue weighted by Gasteiger charge is -2.30. The fourth-order valence-corrected chi connectivity index (χ4v) is 5.34. The molecule has 7 heteroatoms. The van der Waals surface area contributed by atoms with Crippen molar-refractivity contribution in [3.05, 3.63) is 10.7 Å². The van der Waals surface area contributed by atoms with Gasteiger partial charge in [-0.25, -0.2) is 13.4 Å². The SMILES string of the molecule is CNC1CCN(S(=O)(=O)c2sc(C)nc2C)CC1. The van der Waals surface area contributed by atoms with Crippen molar-refractivity contribution in [3.63, 3.8) is 0 Å². The van der Waals surface area contributed by atoms with Crippen molar-refractivity contribution in [3.8, 4) is 0 Å². The highest BCUT2D eigenvalue weighted by Gasteiger charge is 2.31. The van der Waals surface area contributed by atoms with Gasteiger partial charge < -0.3 is 5.32 Å². The zero-order valence-electron chi connectivity index (χ0n) is 10.9. The standard InChI is InChI=1S/C11H19N3O2S2/c1-8-11(17-9(2)13-8)18(15,16)14-6-4-10(12-3)5-7-14/h10,12H,4-7H2,1-3H3. The third kappa shape index (κ3) is 2.59. The number of aryl methyl sites for hydroxylation is 2. The Kier molecular flexibility index (Phi) is 4.05. The minimum absolute atomic E-state index is 0.405. The summed E-state index contributed by atoms with van der Waals surface area (Å²) in [6.45, 7) is 4.77. The van der Waals surface area contributed by atoms with Crippen LogP contribution >= 0.6 is 11.3 Å². The smallest absolute Gasteiger partial charge is 0.254 e. The molecule has 2 heterocycles. The first-order valence-corrected chi connectivity index (χ1v) is 8.32. The monoisotopic (exact) mass is 289 g/mol. The summed E-state index contributed by atoms with van der Waals surface area (Å²) in [6.07, 6.45) is 1.74. The van der Waals surface area contributed by atoms with E-state index in [9.17, 15) is 8.42 Å². The maximum absolute atomic E-state index is 12.5. The Bertz CT molecular complexity index is 516. The Balaban J connectivity index is 2.20. The number of nitrogens with zero attached hydrogens (tertiary/aromatic N) is 2. The number of hydrogen-bond acceptors (Lipinski definition) is 5. The Morgan fingerprint density at radius 3 is 2.39 bits per heavy atom. The van der Waals surface area contributed by atoms with E-state index < -0.39 is 10.0 Å². The molecular weight excluding hydrogens is 270 g/mol. The van der Waals surface area contributed by atoms with Crippen LogP contribution in [0.15, 0.2) is 4.21 Å². The van der Waals surface area contributed by atoms with Crippen LogP contribution in [0.3, 0.4) is 0 Å². The van der Waals surface area contributed by atoms with Crippen LogP contribution in [0, 0.1) is 13.8 Å². The van der Waals surface area contributed by atoms with Gasteiger partial charge in [-0.15, -0.1) is 11.3 Å². The lowest BCUT2D eigenvalue weighted by atomic mass is 10.1. The minimum Gasteiger partial charge on any atom is -0.317 e. The molecule has 0 aliphatic carbocycles. The van der Waals surface area contributed by atoms with E-state index in [2.05, 4.69) is 10.3 Å². The summed E-state index contributed by atoms with van der Waals surface area (Å²) in [7, 11) is -1.42. The molecule has 5 nitrogen and oxygen atoms in total. The third-order valence-electron chi connectivity index (χ3n) is 3.30. The lowest BCUT2D eigenvalue weighted by Crippen LogP contribution is -2.43.